The summed E-state index contributed by atoms with van der Waals surface area (Å²) in [6.45, 7) is 7.18. The second-order valence-electron chi connectivity index (χ2n) is 16.9. The van der Waals surface area contributed by atoms with Gasteiger partial charge in [-0.3, -0.25) is 19.3 Å². The first-order valence-electron chi connectivity index (χ1n) is 22.1. The van der Waals surface area contributed by atoms with Gasteiger partial charge in [0.25, 0.3) is 11.8 Å². The summed E-state index contributed by atoms with van der Waals surface area (Å²) in [6.07, 6.45) is 10.8. The average molecular weight is 834 g/mol. The number of ether oxygens (including phenoxy) is 3. The molecular weight excluding hydrogens is 775 g/mol. The molecule has 2 aromatic carbocycles. The molecule has 3 fully saturated rings. The number of fused-ring (bicyclic) bond motifs is 2. The molecule has 1 spiro atoms. The number of benzene rings is 2. The number of pyridine rings is 2. The molecule has 4 aromatic rings. The number of carbonyl (C=O) groups excluding carboxylic acids is 3. The number of phenolic OH excluding ortho intramolecular Hbond substituents is 1. The van der Waals surface area contributed by atoms with Gasteiger partial charge in [-0.25, -0.2) is 9.97 Å². The van der Waals surface area contributed by atoms with Crippen molar-refractivity contribution in [1.29, 1.82) is 0 Å². The highest BCUT2D eigenvalue weighted by molar-refractivity contribution is 5.97. The molecule has 61 heavy (non-hydrogen) atoms. The van der Waals surface area contributed by atoms with E-state index in [-0.39, 0.29) is 41.7 Å². The van der Waals surface area contributed by atoms with E-state index in [0.717, 1.165) is 75.5 Å². The van der Waals surface area contributed by atoms with Gasteiger partial charge in [0.1, 0.15) is 17.1 Å². The number of morpholine rings is 1. The Morgan fingerprint density at radius 2 is 1.82 bits per heavy atom. The average Bonchev–Trinajstić information content (AvgIpc) is 3.29. The Hall–Kier alpha value is -5.15. The van der Waals surface area contributed by atoms with Crippen LogP contribution in [0.4, 0.5) is 5.69 Å². The number of nitrogens with zero attached hydrogens (tertiary/aromatic N) is 5. The zero-order valence-electron chi connectivity index (χ0n) is 35.1. The molecule has 3 amide bonds. The van der Waals surface area contributed by atoms with Gasteiger partial charge in [-0.1, -0.05) is 49.6 Å². The van der Waals surface area contributed by atoms with E-state index in [9.17, 15) is 19.5 Å². The second-order valence-corrected chi connectivity index (χ2v) is 16.9. The number of hydrogen-bond donors (Lipinski definition) is 3. The maximum atomic E-state index is 13.6. The first kappa shape index (κ1) is 42.5. The Labute approximate surface area is 357 Å². The molecule has 1 aliphatic carbocycles. The number of amides is 3. The topological polar surface area (TPSA) is 159 Å². The van der Waals surface area contributed by atoms with Crippen molar-refractivity contribution in [3.05, 3.63) is 89.2 Å². The highest BCUT2D eigenvalue weighted by Crippen LogP contribution is 2.39. The molecule has 1 saturated carbocycles. The molecule has 14 heteroatoms. The van der Waals surface area contributed by atoms with Gasteiger partial charge in [0.15, 0.2) is 18.0 Å². The smallest absolute Gasteiger partial charge is 0.272 e. The maximum Gasteiger partial charge on any atom is 0.272 e. The van der Waals surface area contributed by atoms with Crippen LogP contribution >= 0.6 is 0 Å². The summed E-state index contributed by atoms with van der Waals surface area (Å²) in [7, 11) is 0. The molecule has 0 atom stereocenters. The van der Waals surface area contributed by atoms with Crippen molar-refractivity contribution in [2.75, 3.05) is 77.6 Å². The zero-order chi connectivity index (χ0) is 42.0. The lowest BCUT2D eigenvalue weighted by molar-refractivity contribution is -0.135. The molecule has 2 aromatic heterocycles. The van der Waals surface area contributed by atoms with Crippen LogP contribution < -0.4 is 15.4 Å². The Kier molecular flexibility index (Phi) is 14.0. The van der Waals surface area contributed by atoms with Gasteiger partial charge in [0.05, 0.1) is 38.4 Å². The number of nitrogens with one attached hydrogen (secondary N) is 2. The first-order valence-corrected chi connectivity index (χ1v) is 22.1. The fourth-order valence-corrected chi connectivity index (χ4v) is 9.27. The number of anilines is 1. The quantitative estimate of drug-likeness (QED) is 0.102. The molecule has 0 radical (unpaired) electrons. The van der Waals surface area contributed by atoms with Gasteiger partial charge in [-0.15, -0.1) is 0 Å². The lowest BCUT2D eigenvalue weighted by Gasteiger charge is -2.47. The van der Waals surface area contributed by atoms with Crippen molar-refractivity contribution < 1.29 is 33.7 Å². The lowest BCUT2D eigenvalue weighted by Crippen LogP contribution is -2.58. The van der Waals surface area contributed by atoms with E-state index >= 15 is 0 Å². The molecule has 8 rings (SSSR count). The third-order valence-electron chi connectivity index (χ3n) is 12.6. The van der Waals surface area contributed by atoms with E-state index in [1.165, 1.54) is 17.5 Å². The summed E-state index contributed by atoms with van der Waals surface area (Å²) in [6, 6.07) is 19.9. The number of carbonyl (C=O) groups is 3. The minimum absolute atomic E-state index is 0.00652. The summed E-state index contributed by atoms with van der Waals surface area (Å²) in [5.41, 5.74) is 4.40. The van der Waals surface area contributed by atoms with Crippen molar-refractivity contribution in [1.82, 2.24) is 30.0 Å². The summed E-state index contributed by atoms with van der Waals surface area (Å²) in [5.74, 6) is 0.314. The van der Waals surface area contributed by atoms with Crippen molar-refractivity contribution in [2.45, 2.75) is 82.4 Å². The number of aromatic hydroxyl groups is 1. The highest BCUT2D eigenvalue weighted by atomic mass is 16.5. The van der Waals surface area contributed by atoms with E-state index in [2.05, 4.69) is 54.7 Å². The van der Waals surface area contributed by atoms with Crippen LogP contribution in [-0.2, 0) is 38.4 Å². The SMILES string of the molecule is O=C1COc2c(CCNCCN(C(=O)CCOCCc3cccc(CN4CCC5(CC4)CN(C(=O)c4ccc6cccnc6n4)CCO5)c3)C3CCCCC3)ccc(O)c2N1. The van der Waals surface area contributed by atoms with Crippen molar-refractivity contribution >= 4 is 34.4 Å². The Bertz CT molecular complexity index is 2150. The predicted molar refractivity (Wildman–Crippen MR) is 232 cm³/mol. The number of rotatable bonds is 16. The highest BCUT2D eigenvalue weighted by Gasteiger charge is 2.41. The number of piperidine rings is 1. The van der Waals surface area contributed by atoms with E-state index in [4.69, 9.17) is 14.2 Å². The van der Waals surface area contributed by atoms with Crippen LogP contribution in [0.15, 0.2) is 66.9 Å². The van der Waals surface area contributed by atoms with Gasteiger partial charge < -0.3 is 39.8 Å². The molecule has 3 aliphatic heterocycles. The minimum atomic E-state index is -0.334. The molecule has 3 N–H and O–H groups in total. The summed E-state index contributed by atoms with van der Waals surface area (Å²) < 4.78 is 18.1. The predicted octanol–water partition coefficient (Wildman–Crippen LogP) is 5.12. The van der Waals surface area contributed by atoms with Crippen molar-refractivity contribution in [2.24, 2.45) is 0 Å². The number of likely N-dealkylation sites (tertiary alicyclic amines) is 1. The summed E-state index contributed by atoms with van der Waals surface area (Å²) in [4.78, 5) is 54.1. The maximum absolute atomic E-state index is 13.6. The number of hydrogen-bond acceptors (Lipinski definition) is 11. The minimum Gasteiger partial charge on any atom is -0.506 e. The molecule has 14 nitrogen and oxygen atoms in total. The lowest BCUT2D eigenvalue weighted by atomic mass is 9.89. The van der Waals surface area contributed by atoms with Gasteiger partial charge in [0, 0.05) is 56.9 Å². The number of phenols is 1. The van der Waals surface area contributed by atoms with Crippen molar-refractivity contribution in [3.63, 3.8) is 0 Å². The van der Waals surface area contributed by atoms with Crippen LogP contribution in [0.2, 0.25) is 0 Å². The Morgan fingerprint density at radius 1 is 0.967 bits per heavy atom. The molecule has 4 aliphatic rings. The zero-order valence-corrected chi connectivity index (χ0v) is 35.1. The van der Waals surface area contributed by atoms with Crippen LogP contribution in [0, 0.1) is 0 Å². The van der Waals surface area contributed by atoms with Gasteiger partial charge in [-0.05, 0) is 92.1 Å². The molecular formula is C47H59N7O7. The molecule has 0 bridgehead atoms. The first-order chi connectivity index (χ1) is 29.8. The fourth-order valence-electron chi connectivity index (χ4n) is 9.27. The third-order valence-corrected chi connectivity index (χ3v) is 12.6. The number of aromatic nitrogens is 2. The molecule has 0 unspecified atom stereocenters. The van der Waals surface area contributed by atoms with Crippen LogP contribution in [0.5, 0.6) is 11.5 Å². The van der Waals surface area contributed by atoms with Crippen molar-refractivity contribution in [3.8, 4) is 11.5 Å². The standard InChI is InChI=1S/C47H59N7O7/c55-40-14-12-36(44-43(40)51-41(56)32-60-44)15-21-48-22-25-54(38-9-2-1-3-10-38)42(57)17-28-59-27-16-34-6-4-7-35(30-34)31-52-23-18-47(19-24-52)33-53(26-29-61-47)46(58)39-13-11-37-8-5-20-49-45(37)50-39/h4-8,11-14,20,30,38,48,55H,1-3,9-10,15-19,21-29,31-33H2,(H,51,56). The van der Waals surface area contributed by atoms with Crippen LogP contribution in [0.25, 0.3) is 11.0 Å². The molecule has 5 heterocycles. The van der Waals surface area contributed by atoms with Crippen LogP contribution in [0.1, 0.15) is 78.5 Å². The van der Waals surface area contributed by atoms with E-state index in [1.54, 1.807) is 18.3 Å². The third kappa shape index (κ3) is 10.8. The Balaban J connectivity index is 0.747. The second kappa shape index (κ2) is 20.1. The van der Waals surface area contributed by atoms with E-state index < -0.39 is 0 Å². The normalized spacial score (nSPS) is 18.1. The van der Waals surface area contributed by atoms with Gasteiger partial charge >= 0.3 is 0 Å². The largest absolute Gasteiger partial charge is 0.506 e. The molecule has 324 valence electrons. The van der Waals surface area contributed by atoms with Gasteiger partial charge in [0.2, 0.25) is 5.91 Å². The fraction of sp³-hybridized carbons (Fsp3) is 0.511. The van der Waals surface area contributed by atoms with E-state index in [0.29, 0.717) is 88.2 Å². The molecule has 2 saturated heterocycles. The van der Waals surface area contributed by atoms with Gasteiger partial charge in [-0.2, -0.15) is 0 Å². The van der Waals surface area contributed by atoms with Crippen LogP contribution in [-0.4, -0.2) is 131 Å². The monoisotopic (exact) mass is 833 g/mol. The summed E-state index contributed by atoms with van der Waals surface area (Å²) in [5, 5.41) is 17.3. The Morgan fingerprint density at radius 3 is 2.69 bits per heavy atom. The summed E-state index contributed by atoms with van der Waals surface area (Å²) >= 11 is 0. The van der Waals surface area contributed by atoms with E-state index in [1.807, 2.05) is 29.2 Å². The van der Waals surface area contributed by atoms with Crippen LogP contribution in [0.3, 0.4) is 0 Å².